The number of ether oxygens (including phenoxy) is 1. The summed E-state index contributed by atoms with van der Waals surface area (Å²) in [6.07, 6.45) is 4.23. The molecule has 9 nitrogen and oxygen atoms in total. The van der Waals surface area contributed by atoms with Crippen molar-refractivity contribution in [2.24, 2.45) is 0 Å². The fraction of sp³-hybridized carbons (Fsp3) is 0.357. The van der Waals surface area contributed by atoms with Crippen molar-refractivity contribution in [1.82, 2.24) is 10.6 Å². The average Bonchev–Trinajstić information content (AvgIpc) is 2.90. The Balaban J connectivity index is 1.20. The van der Waals surface area contributed by atoms with Crippen molar-refractivity contribution in [1.29, 1.82) is 0 Å². The lowest BCUT2D eigenvalue weighted by Gasteiger charge is -2.16. The van der Waals surface area contributed by atoms with Gasteiger partial charge in [-0.15, -0.1) is 0 Å². The van der Waals surface area contributed by atoms with Gasteiger partial charge < -0.3 is 24.9 Å². The first-order valence-electron chi connectivity index (χ1n) is 12.4. The van der Waals surface area contributed by atoms with Gasteiger partial charge in [0.2, 0.25) is 5.91 Å². The Labute approximate surface area is 213 Å². The highest BCUT2D eigenvalue weighted by atomic mass is 16.5. The summed E-state index contributed by atoms with van der Waals surface area (Å²) in [6, 6.07) is 13.3. The van der Waals surface area contributed by atoms with E-state index in [9.17, 15) is 24.3 Å². The molecule has 0 spiro atoms. The molecule has 9 heteroatoms. The van der Waals surface area contributed by atoms with Gasteiger partial charge in [-0.1, -0.05) is 30.3 Å². The lowest BCUT2D eigenvalue weighted by Crippen LogP contribution is -2.42. The lowest BCUT2D eigenvalue weighted by atomic mass is 9.91. The van der Waals surface area contributed by atoms with E-state index in [1.54, 1.807) is 24.3 Å². The van der Waals surface area contributed by atoms with Crippen LogP contribution in [0.3, 0.4) is 0 Å². The number of amides is 2. The van der Waals surface area contributed by atoms with E-state index in [0.717, 1.165) is 47.8 Å². The average molecular weight is 507 g/mol. The van der Waals surface area contributed by atoms with Crippen molar-refractivity contribution in [3.63, 3.8) is 0 Å². The van der Waals surface area contributed by atoms with Crippen LogP contribution < -0.4 is 21.0 Å². The second kappa shape index (κ2) is 12.2. The topological polar surface area (TPSA) is 135 Å². The normalized spacial score (nSPS) is 13.4. The number of carboxylic acids is 1. The number of carbonyl (C=O) groups is 3. The number of benzene rings is 2. The minimum absolute atomic E-state index is 0.0771. The molecular weight excluding hydrogens is 476 g/mol. The molecule has 0 bridgehead atoms. The van der Waals surface area contributed by atoms with Crippen LogP contribution in [0.25, 0.3) is 11.0 Å². The van der Waals surface area contributed by atoms with Crippen LogP contribution in [-0.4, -0.2) is 42.1 Å². The van der Waals surface area contributed by atoms with Gasteiger partial charge in [-0.05, 0) is 55.4 Å². The van der Waals surface area contributed by atoms with E-state index in [1.165, 1.54) is 0 Å². The van der Waals surface area contributed by atoms with Gasteiger partial charge in [-0.3, -0.25) is 9.59 Å². The highest BCUT2D eigenvalue weighted by Crippen LogP contribution is 2.29. The summed E-state index contributed by atoms with van der Waals surface area (Å²) in [5.74, 6) is -1.44. The first-order valence-corrected chi connectivity index (χ1v) is 12.4. The highest BCUT2D eigenvalue weighted by molar-refractivity contribution is 5.84. The Kier molecular flexibility index (Phi) is 8.56. The third kappa shape index (κ3) is 6.97. The van der Waals surface area contributed by atoms with Gasteiger partial charge in [0, 0.05) is 36.4 Å². The molecule has 4 rings (SSSR count). The molecule has 2 aromatic carbocycles. The maximum Gasteiger partial charge on any atom is 0.339 e. The monoisotopic (exact) mass is 506 g/mol. The highest BCUT2D eigenvalue weighted by Gasteiger charge is 2.20. The number of fused-ring (bicyclic) bond motifs is 3. The number of carbonyl (C=O) groups excluding carboxylic acids is 2. The maximum absolute atomic E-state index is 12.3. The van der Waals surface area contributed by atoms with Crippen LogP contribution in [0.1, 0.15) is 42.4 Å². The quantitative estimate of drug-likeness (QED) is 0.269. The Morgan fingerprint density at radius 2 is 1.76 bits per heavy atom. The van der Waals surface area contributed by atoms with Gasteiger partial charge in [0.25, 0.3) is 5.91 Å². The van der Waals surface area contributed by atoms with E-state index in [2.05, 4.69) is 10.6 Å². The summed E-state index contributed by atoms with van der Waals surface area (Å²) in [5, 5.41) is 15.5. The molecule has 1 aliphatic rings. The van der Waals surface area contributed by atoms with Crippen LogP contribution in [-0.2, 0) is 33.6 Å². The molecular formula is C28H30N2O7. The molecule has 1 aromatic heterocycles. The fourth-order valence-electron chi connectivity index (χ4n) is 4.51. The van der Waals surface area contributed by atoms with E-state index in [-0.39, 0.29) is 37.5 Å². The van der Waals surface area contributed by atoms with E-state index >= 15 is 0 Å². The van der Waals surface area contributed by atoms with Crippen molar-refractivity contribution in [3.05, 3.63) is 75.6 Å². The van der Waals surface area contributed by atoms with Gasteiger partial charge in [0.1, 0.15) is 17.4 Å². The molecule has 1 aliphatic carbocycles. The second-order valence-electron chi connectivity index (χ2n) is 9.10. The predicted octanol–water partition coefficient (Wildman–Crippen LogP) is 2.76. The molecule has 0 unspecified atom stereocenters. The third-order valence-corrected chi connectivity index (χ3v) is 6.38. The van der Waals surface area contributed by atoms with Crippen molar-refractivity contribution < 1.29 is 28.6 Å². The molecule has 1 atom stereocenters. The molecule has 0 fully saturated rings. The number of hydrogen-bond donors (Lipinski definition) is 3. The molecule has 3 N–H and O–H groups in total. The summed E-state index contributed by atoms with van der Waals surface area (Å²) in [7, 11) is 0. The van der Waals surface area contributed by atoms with Crippen molar-refractivity contribution >= 4 is 28.8 Å². The third-order valence-electron chi connectivity index (χ3n) is 6.38. The van der Waals surface area contributed by atoms with Crippen LogP contribution in [0.4, 0.5) is 0 Å². The Morgan fingerprint density at radius 3 is 2.51 bits per heavy atom. The number of aryl methyl sites for hydroxylation is 1. The number of hydrogen-bond acceptors (Lipinski definition) is 6. The molecule has 0 aliphatic heterocycles. The van der Waals surface area contributed by atoms with Gasteiger partial charge in [-0.2, -0.15) is 0 Å². The summed E-state index contributed by atoms with van der Waals surface area (Å²) in [4.78, 5) is 48.1. The minimum atomic E-state index is -1.10. The second-order valence-corrected chi connectivity index (χ2v) is 9.10. The lowest BCUT2D eigenvalue weighted by molar-refractivity contribution is -0.141. The van der Waals surface area contributed by atoms with E-state index in [0.29, 0.717) is 17.8 Å². The van der Waals surface area contributed by atoms with Crippen LogP contribution in [0.2, 0.25) is 0 Å². The van der Waals surface area contributed by atoms with Crippen molar-refractivity contribution in [3.8, 4) is 5.75 Å². The largest absolute Gasteiger partial charge is 0.484 e. The summed E-state index contributed by atoms with van der Waals surface area (Å²) >= 11 is 0. The molecule has 1 heterocycles. The van der Waals surface area contributed by atoms with E-state index in [1.807, 2.05) is 24.3 Å². The predicted molar refractivity (Wildman–Crippen MR) is 137 cm³/mol. The zero-order valence-corrected chi connectivity index (χ0v) is 20.5. The number of nitrogens with one attached hydrogen (secondary N) is 2. The molecule has 3 aromatic rings. The Bertz CT molecular complexity index is 1330. The SMILES string of the molecule is O=C(COc1ccc2c3c(c(=O)oc2c1)CCCC3)NCCCC(=O)N[C@@H](Cc1ccccc1)C(=O)O. The zero-order chi connectivity index (χ0) is 26.2. The molecule has 0 radical (unpaired) electrons. The molecule has 0 saturated heterocycles. The summed E-state index contributed by atoms with van der Waals surface area (Å²) < 4.78 is 11.0. The van der Waals surface area contributed by atoms with Gasteiger partial charge in [0.05, 0.1) is 0 Å². The van der Waals surface area contributed by atoms with Crippen LogP contribution in [0, 0.1) is 0 Å². The Morgan fingerprint density at radius 1 is 1.00 bits per heavy atom. The first kappa shape index (κ1) is 25.9. The van der Waals surface area contributed by atoms with Crippen molar-refractivity contribution in [2.75, 3.05) is 13.2 Å². The standard InChI is InChI=1S/C28H30N2O7/c31-25(30-23(27(33)34)15-18-7-2-1-3-8-18)11-6-14-29-26(32)17-36-19-12-13-21-20-9-4-5-10-22(20)28(35)37-24(21)16-19/h1-3,7-8,12-13,16,23H,4-6,9-11,14-15,17H2,(H,29,32)(H,30,31)(H,33,34)/t23-/m0/s1. The smallest absolute Gasteiger partial charge is 0.339 e. The van der Waals surface area contributed by atoms with Gasteiger partial charge in [-0.25, -0.2) is 9.59 Å². The number of carboxylic acid groups (broad SMARTS) is 1. The van der Waals surface area contributed by atoms with E-state index in [4.69, 9.17) is 9.15 Å². The Hall–Kier alpha value is -4.14. The van der Waals surface area contributed by atoms with Gasteiger partial charge in [0.15, 0.2) is 6.61 Å². The van der Waals surface area contributed by atoms with Crippen LogP contribution in [0.5, 0.6) is 5.75 Å². The van der Waals surface area contributed by atoms with Crippen LogP contribution >= 0.6 is 0 Å². The number of aliphatic carboxylic acids is 1. The fourth-order valence-corrected chi connectivity index (χ4v) is 4.51. The maximum atomic E-state index is 12.3. The summed E-state index contributed by atoms with van der Waals surface area (Å²) in [6.45, 7) is 0.00973. The zero-order valence-electron chi connectivity index (χ0n) is 20.5. The van der Waals surface area contributed by atoms with Gasteiger partial charge >= 0.3 is 11.6 Å². The number of rotatable bonds is 11. The molecule has 194 valence electrons. The minimum Gasteiger partial charge on any atom is -0.484 e. The molecule has 37 heavy (non-hydrogen) atoms. The molecule has 0 saturated carbocycles. The summed E-state index contributed by atoms with van der Waals surface area (Å²) in [5.41, 5.74) is 2.75. The molecule has 2 amide bonds. The van der Waals surface area contributed by atoms with Crippen LogP contribution in [0.15, 0.2) is 57.7 Å². The van der Waals surface area contributed by atoms with E-state index < -0.39 is 17.9 Å². The first-order chi connectivity index (χ1) is 17.9. The van der Waals surface area contributed by atoms with Crippen molar-refractivity contribution in [2.45, 2.75) is 51.0 Å².